The van der Waals surface area contributed by atoms with E-state index < -0.39 is 0 Å². The molecule has 5 heteroatoms. The van der Waals surface area contributed by atoms with Gasteiger partial charge in [0.05, 0.1) is 5.39 Å². The van der Waals surface area contributed by atoms with Gasteiger partial charge in [0, 0.05) is 23.6 Å². The van der Waals surface area contributed by atoms with Gasteiger partial charge in [0.2, 0.25) is 0 Å². The third-order valence-corrected chi connectivity index (χ3v) is 2.93. The van der Waals surface area contributed by atoms with Gasteiger partial charge in [0.25, 0.3) is 0 Å². The second-order valence-electron chi connectivity index (χ2n) is 3.91. The molecule has 0 aliphatic heterocycles. The molecule has 0 saturated carbocycles. The van der Waals surface area contributed by atoms with Crippen LogP contribution in [0.3, 0.4) is 0 Å². The first-order valence-electron chi connectivity index (χ1n) is 4.78. The summed E-state index contributed by atoms with van der Waals surface area (Å²) in [5.74, 6) is 1.61. The number of halogens is 1. The molecule has 0 fully saturated rings. The lowest BCUT2D eigenvalue weighted by molar-refractivity contribution is 0.777. The third-order valence-electron chi connectivity index (χ3n) is 2.33. The maximum absolute atomic E-state index is 5.91. The topological polar surface area (TPSA) is 56.7 Å². The van der Waals surface area contributed by atoms with Gasteiger partial charge in [-0.2, -0.15) is 0 Å². The van der Waals surface area contributed by atoms with Crippen LogP contribution in [-0.2, 0) is 7.05 Å². The minimum atomic E-state index is 0.283. The average Bonchev–Trinajstić information content (AvgIpc) is 2.42. The summed E-state index contributed by atoms with van der Waals surface area (Å²) in [6.07, 6.45) is 1.94. The normalized spacial score (nSPS) is 11.5. The zero-order valence-electron chi connectivity index (χ0n) is 8.95. The van der Waals surface area contributed by atoms with Crippen LogP contribution in [0, 0.1) is 0 Å². The molecular weight excluding hydrogens is 256 g/mol. The van der Waals surface area contributed by atoms with E-state index in [0.29, 0.717) is 5.82 Å². The molecule has 2 aromatic rings. The van der Waals surface area contributed by atoms with Crippen molar-refractivity contribution < 1.29 is 0 Å². The monoisotopic (exact) mass is 268 g/mol. The summed E-state index contributed by atoms with van der Waals surface area (Å²) < 4.78 is 2.89. The lowest BCUT2D eigenvalue weighted by Gasteiger charge is -2.06. The molecule has 0 aliphatic rings. The quantitative estimate of drug-likeness (QED) is 0.865. The Labute approximate surface area is 96.6 Å². The zero-order valence-corrected chi connectivity index (χ0v) is 10.5. The van der Waals surface area contributed by atoms with E-state index in [1.165, 1.54) is 0 Å². The van der Waals surface area contributed by atoms with Crippen LogP contribution in [0.5, 0.6) is 0 Å². The summed E-state index contributed by atoms with van der Waals surface area (Å²) in [6, 6.07) is 0. The van der Waals surface area contributed by atoms with Gasteiger partial charge in [-0.1, -0.05) is 13.8 Å². The molecule has 2 aromatic heterocycles. The molecule has 0 atom stereocenters. The number of fused-ring (bicyclic) bond motifs is 1. The summed E-state index contributed by atoms with van der Waals surface area (Å²) in [7, 11) is 1.95. The van der Waals surface area contributed by atoms with Gasteiger partial charge in [-0.25, -0.2) is 9.97 Å². The van der Waals surface area contributed by atoms with Crippen molar-refractivity contribution in [2.45, 2.75) is 19.8 Å². The largest absolute Gasteiger partial charge is 0.383 e. The van der Waals surface area contributed by atoms with E-state index >= 15 is 0 Å². The van der Waals surface area contributed by atoms with E-state index in [1.54, 1.807) is 0 Å². The summed E-state index contributed by atoms with van der Waals surface area (Å²) in [6.45, 7) is 4.11. The average molecular weight is 269 g/mol. The summed E-state index contributed by atoms with van der Waals surface area (Å²) >= 11 is 3.45. The van der Waals surface area contributed by atoms with E-state index in [9.17, 15) is 0 Å². The number of hydrogen-bond acceptors (Lipinski definition) is 3. The van der Waals surface area contributed by atoms with Gasteiger partial charge >= 0.3 is 0 Å². The summed E-state index contributed by atoms with van der Waals surface area (Å²) in [5.41, 5.74) is 6.79. The highest BCUT2D eigenvalue weighted by atomic mass is 79.9. The number of nitrogens with zero attached hydrogens (tertiary/aromatic N) is 3. The molecule has 0 saturated heterocycles. The van der Waals surface area contributed by atoms with Crippen LogP contribution in [0.1, 0.15) is 25.6 Å². The maximum Gasteiger partial charge on any atom is 0.146 e. The van der Waals surface area contributed by atoms with Crippen molar-refractivity contribution in [1.82, 2.24) is 14.5 Å². The van der Waals surface area contributed by atoms with Crippen molar-refractivity contribution in [2.24, 2.45) is 7.05 Å². The van der Waals surface area contributed by atoms with Crippen molar-refractivity contribution >= 4 is 32.8 Å². The van der Waals surface area contributed by atoms with E-state index in [0.717, 1.165) is 21.3 Å². The predicted molar refractivity (Wildman–Crippen MR) is 64.7 cm³/mol. The Hall–Kier alpha value is -1.10. The van der Waals surface area contributed by atoms with Crippen molar-refractivity contribution in [3.05, 3.63) is 16.5 Å². The Balaban J connectivity index is 2.81. The molecule has 15 heavy (non-hydrogen) atoms. The zero-order chi connectivity index (χ0) is 11.2. The number of aromatic nitrogens is 3. The lowest BCUT2D eigenvalue weighted by atomic mass is 10.2. The minimum absolute atomic E-state index is 0.283. The van der Waals surface area contributed by atoms with E-state index in [4.69, 9.17) is 5.73 Å². The van der Waals surface area contributed by atoms with Crippen molar-refractivity contribution in [3.8, 4) is 0 Å². The molecule has 0 bridgehead atoms. The number of nitrogen functional groups attached to an aromatic ring is 1. The Morgan fingerprint density at radius 3 is 2.67 bits per heavy atom. The molecule has 0 amide bonds. The Kier molecular flexibility index (Phi) is 2.42. The van der Waals surface area contributed by atoms with Crippen molar-refractivity contribution in [2.75, 3.05) is 5.73 Å². The third kappa shape index (κ3) is 1.61. The van der Waals surface area contributed by atoms with Gasteiger partial charge in [-0.05, 0) is 15.9 Å². The van der Waals surface area contributed by atoms with Crippen molar-refractivity contribution in [1.29, 1.82) is 0 Å². The number of rotatable bonds is 1. The second-order valence-corrected chi connectivity index (χ2v) is 4.76. The lowest BCUT2D eigenvalue weighted by Crippen LogP contribution is -2.03. The smallest absolute Gasteiger partial charge is 0.146 e. The molecule has 2 rings (SSSR count). The van der Waals surface area contributed by atoms with E-state index in [-0.39, 0.29) is 5.92 Å². The standard InChI is InChI=1S/C10H13BrN4/c1-5(2)9-13-8(12)7-6(11)4-15(3)10(7)14-9/h4-5H,1-3H3,(H2,12,13,14). The Bertz CT molecular complexity index is 516. The fourth-order valence-electron chi connectivity index (χ4n) is 1.52. The van der Waals surface area contributed by atoms with Crippen LogP contribution in [0.15, 0.2) is 10.7 Å². The molecule has 80 valence electrons. The summed E-state index contributed by atoms with van der Waals surface area (Å²) in [5, 5.41) is 0.891. The fourth-order valence-corrected chi connectivity index (χ4v) is 2.21. The molecule has 2 heterocycles. The number of anilines is 1. The van der Waals surface area contributed by atoms with Gasteiger partial charge in [0.15, 0.2) is 0 Å². The number of hydrogen-bond donors (Lipinski definition) is 1. The Morgan fingerprint density at radius 1 is 1.40 bits per heavy atom. The molecule has 0 aliphatic carbocycles. The van der Waals surface area contributed by atoms with Crippen LogP contribution in [0.25, 0.3) is 11.0 Å². The first-order valence-corrected chi connectivity index (χ1v) is 5.58. The van der Waals surface area contributed by atoms with Gasteiger partial charge < -0.3 is 10.3 Å². The first kappa shape index (κ1) is 10.4. The van der Waals surface area contributed by atoms with Crippen LogP contribution in [-0.4, -0.2) is 14.5 Å². The Morgan fingerprint density at radius 2 is 2.07 bits per heavy atom. The van der Waals surface area contributed by atoms with Gasteiger partial charge in [-0.3, -0.25) is 0 Å². The highest BCUT2D eigenvalue weighted by Gasteiger charge is 2.13. The number of aryl methyl sites for hydroxylation is 1. The van der Waals surface area contributed by atoms with E-state index in [2.05, 4.69) is 39.7 Å². The molecular formula is C10H13BrN4. The predicted octanol–water partition coefficient (Wildman–Crippen LogP) is 2.44. The van der Waals surface area contributed by atoms with Crippen LogP contribution < -0.4 is 5.73 Å². The first-order chi connectivity index (χ1) is 7.00. The van der Waals surface area contributed by atoms with Crippen LogP contribution in [0.4, 0.5) is 5.82 Å². The molecule has 0 spiro atoms. The molecule has 0 radical (unpaired) electrons. The molecule has 0 unspecified atom stereocenters. The van der Waals surface area contributed by atoms with Gasteiger partial charge in [-0.15, -0.1) is 0 Å². The SMILES string of the molecule is CC(C)c1nc(N)c2c(Br)cn(C)c2n1. The maximum atomic E-state index is 5.91. The second kappa shape index (κ2) is 3.48. The fraction of sp³-hybridized carbons (Fsp3) is 0.400. The molecule has 2 N–H and O–H groups in total. The van der Waals surface area contributed by atoms with E-state index in [1.807, 2.05) is 17.8 Å². The van der Waals surface area contributed by atoms with Crippen LogP contribution >= 0.6 is 15.9 Å². The highest BCUT2D eigenvalue weighted by molar-refractivity contribution is 9.10. The number of nitrogens with two attached hydrogens (primary N) is 1. The highest BCUT2D eigenvalue weighted by Crippen LogP contribution is 2.29. The van der Waals surface area contributed by atoms with Crippen molar-refractivity contribution in [3.63, 3.8) is 0 Å². The molecule has 0 aromatic carbocycles. The van der Waals surface area contributed by atoms with Crippen LogP contribution in [0.2, 0.25) is 0 Å². The minimum Gasteiger partial charge on any atom is -0.383 e. The van der Waals surface area contributed by atoms with Gasteiger partial charge in [0.1, 0.15) is 17.3 Å². The summed E-state index contributed by atoms with van der Waals surface area (Å²) in [4.78, 5) is 8.80. The molecule has 4 nitrogen and oxygen atoms in total.